The van der Waals surface area contributed by atoms with Crippen molar-refractivity contribution < 1.29 is 19.1 Å². The summed E-state index contributed by atoms with van der Waals surface area (Å²) in [5.41, 5.74) is 3.24. The smallest absolute Gasteiger partial charge is 0.306 e. The first-order valence-corrected chi connectivity index (χ1v) is 9.21. The lowest BCUT2D eigenvalue weighted by atomic mass is 10.2. The van der Waals surface area contributed by atoms with E-state index in [1.54, 1.807) is 18.2 Å². The summed E-state index contributed by atoms with van der Waals surface area (Å²) in [6.07, 6.45) is -0.108. The average Bonchev–Trinajstić information content (AvgIpc) is 2.63. The highest BCUT2D eigenvalue weighted by atomic mass is 79.9. The van der Waals surface area contributed by atoms with Crippen LogP contribution in [0, 0.1) is 13.8 Å². The van der Waals surface area contributed by atoms with Crippen molar-refractivity contribution in [1.29, 1.82) is 0 Å². The Morgan fingerprint density at radius 3 is 2.37 bits per heavy atom. The fraction of sp³-hybridized carbons (Fsp3) is 0.250. The largest absolute Gasteiger partial charge is 0.456 e. The molecule has 2 amide bonds. The number of ether oxygens (including phenoxy) is 1. The Labute approximate surface area is 166 Å². The molecule has 27 heavy (non-hydrogen) atoms. The minimum Gasteiger partial charge on any atom is -0.456 e. The number of carbonyl (C=O) groups is 3. The molecule has 0 radical (unpaired) electrons. The first-order chi connectivity index (χ1) is 12.8. The molecule has 2 rings (SSSR count). The van der Waals surface area contributed by atoms with Crippen LogP contribution in [-0.4, -0.2) is 24.4 Å². The number of hydrogen-bond acceptors (Lipinski definition) is 4. The van der Waals surface area contributed by atoms with E-state index in [0.717, 1.165) is 15.6 Å². The van der Waals surface area contributed by atoms with Crippen molar-refractivity contribution in [2.75, 3.05) is 17.2 Å². The predicted octanol–water partition coefficient (Wildman–Crippen LogP) is 3.97. The van der Waals surface area contributed by atoms with Crippen LogP contribution >= 0.6 is 15.9 Å². The van der Waals surface area contributed by atoms with Gasteiger partial charge in [-0.05, 0) is 49.2 Å². The number of halogens is 1. The van der Waals surface area contributed by atoms with Gasteiger partial charge in [0.1, 0.15) is 0 Å². The Hall–Kier alpha value is -2.67. The standard InChI is InChI=1S/C20H21BrN2O4/c1-13-5-3-4-6-17(13)23-18(24)9-10-20(26)27-12-19(25)22-15-7-8-16(21)14(2)11-15/h3-8,11H,9-10,12H2,1-2H3,(H,22,25)(H,23,24). The number of hydrogen-bond donors (Lipinski definition) is 2. The normalized spacial score (nSPS) is 10.2. The van der Waals surface area contributed by atoms with Gasteiger partial charge in [-0.2, -0.15) is 0 Å². The zero-order chi connectivity index (χ0) is 19.8. The summed E-state index contributed by atoms with van der Waals surface area (Å²) in [4.78, 5) is 35.5. The SMILES string of the molecule is Cc1cc(NC(=O)COC(=O)CCC(=O)Nc2ccccc2C)ccc1Br. The summed E-state index contributed by atoms with van der Waals surface area (Å²) < 4.78 is 5.85. The lowest BCUT2D eigenvalue weighted by Gasteiger charge is -2.09. The van der Waals surface area contributed by atoms with Crippen molar-refractivity contribution in [3.05, 3.63) is 58.1 Å². The molecule has 0 fully saturated rings. The summed E-state index contributed by atoms with van der Waals surface area (Å²) in [5, 5.41) is 5.40. The van der Waals surface area contributed by atoms with Crippen LogP contribution in [0.3, 0.4) is 0 Å². The summed E-state index contributed by atoms with van der Waals surface area (Å²) in [6.45, 7) is 3.39. The van der Waals surface area contributed by atoms with E-state index in [9.17, 15) is 14.4 Å². The Balaban J connectivity index is 1.70. The van der Waals surface area contributed by atoms with Crippen molar-refractivity contribution in [2.45, 2.75) is 26.7 Å². The van der Waals surface area contributed by atoms with Crippen LogP contribution in [0.4, 0.5) is 11.4 Å². The molecule has 0 unspecified atom stereocenters. The molecule has 0 bridgehead atoms. The van der Waals surface area contributed by atoms with Crippen LogP contribution in [0.15, 0.2) is 46.9 Å². The zero-order valence-electron chi connectivity index (χ0n) is 15.2. The van der Waals surface area contributed by atoms with Gasteiger partial charge in [0.25, 0.3) is 5.91 Å². The van der Waals surface area contributed by atoms with Crippen LogP contribution in [0.25, 0.3) is 0 Å². The molecular formula is C20H21BrN2O4. The number of rotatable bonds is 7. The van der Waals surface area contributed by atoms with Crippen LogP contribution in [0.2, 0.25) is 0 Å². The lowest BCUT2D eigenvalue weighted by molar-refractivity contribution is -0.147. The molecule has 2 aromatic rings. The van der Waals surface area contributed by atoms with E-state index in [4.69, 9.17) is 4.74 Å². The third-order valence-electron chi connectivity index (χ3n) is 3.78. The van der Waals surface area contributed by atoms with Crippen molar-refractivity contribution in [1.82, 2.24) is 0 Å². The van der Waals surface area contributed by atoms with Gasteiger partial charge >= 0.3 is 5.97 Å². The number of anilines is 2. The van der Waals surface area contributed by atoms with Crippen molar-refractivity contribution in [3.63, 3.8) is 0 Å². The number of benzene rings is 2. The fourth-order valence-electron chi connectivity index (χ4n) is 2.28. The first-order valence-electron chi connectivity index (χ1n) is 8.42. The average molecular weight is 433 g/mol. The molecule has 0 aromatic heterocycles. The van der Waals surface area contributed by atoms with E-state index in [1.807, 2.05) is 38.1 Å². The van der Waals surface area contributed by atoms with E-state index in [1.165, 1.54) is 0 Å². The maximum Gasteiger partial charge on any atom is 0.306 e. The maximum absolute atomic E-state index is 11.9. The van der Waals surface area contributed by atoms with Gasteiger partial charge in [0.2, 0.25) is 5.91 Å². The number of amides is 2. The second-order valence-corrected chi connectivity index (χ2v) is 6.89. The number of aryl methyl sites for hydroxylation is 2. The van der Waals surface area contributed by atoms with Crippen LogP contribution in [-0.2, 0) is 19.1 Å². The Morgan fingerprint density at radius 1 is 0.926 bits per heavy atom. The monoisotopic (exact) mass is 432 g/mol. The molecule has 0 heterocycles. The maximum atomic E-state index is 11.9. The molecular weight excluding hydrogens is 412 g/mol. The highest BCUT2D eigenvalue weighted by molar-refractivity contribution is 9.10. The molecule has 0 atom stereocenters. The number of para-hydroxylation sites is 1. The number of carbonyl (C=O) groups excluding carboxylic acids is 3. The molecule has 0 aliphatic carbocycles. The molecule has 142 valence electrons. The van der Waals surface area contributed by atoms with Gasteiger partial charge in [0.05, 0.1) is 6.42 Å². The highest BCUT2D eigenvalue weighted by Gasteiger charge is 2.11. The van der Waals surface area contributed by atoms with E-state index in [-0.39, 0.29) is 18.7 Å². The van der Waals surface area contributed by atoms with E-state index < -0.39 is 18.5 Å². The van der Waals surface area contributed by atoms with Gasteiger partial charge in [0, 0.05) is 22.3 Å². The van der Waals surface area contributed by atoms with Crippen molar-refractivity contribution in [2.24, 2.45) is 0 Å². The summed E-state index contributed by atoms with van der Waals surface area (Å²) in [7, 11) is 0. The van der Waals surface area contributed by atoms with Gasteiger partial charge in [-0.1, -0.05) is 34.1 Å². The molecule has 0 spiro atoms. The van der Waals surface area contributed by atoms with Gasteiger partial charge in [-0.15, -0.1) is 0 Å². The Morgan fingerprint density at radius 2 is 1.67 bits per heavy atom. The highest BCUT2D eigenvalue weighted by Crippen LogP contribution is 2.20. The first kappa shape index (κ1) is 20.6. The molecule has 6 nitrogen and oxygen atoms in total. The molecule has 7 heteroatoms. The van der Waals surface area contributed by atoms with Gasteiger partial charge < -0.3 is 15.4 Å². The van der Waals surface area contributed by atoms with E-state index in [2.05, 4.69) is 26.6 Å². The molecule has 0 aliphatic heterocycles. The minimum atomic E-state index is -0.600. The van der Waals surface area contributed by atoms with Crippen LogP contribution in [0.1, 0.15) is 24.0 Å². The Bertz CT molecular complexity index is 852. The topological polar surface area (TPSA) is 84.5 Å². The Kier molecular flexibility index (Phi) is 7.55. The van der Waals surface area contributed by atoms with Crippen LogP contribution in [0.5, 0.6) is 0 Å². The van der Waals surface area contributed by atoms with E-state index >= 15 is 0 Å². The predicted molar refractivity (Wildman–Crippen MR) is 108 cm³/mol. The summed E-state index contributed by atoms with van der Waals surface area (Å²) >= 11 is 3.38. The van der Waals surface area contributed by atoms with Gasteiger partial charge in [-0.25, -0.2) is 0 Å². The molecule has 2 aromatic carbocycles. The molecule has 0 saturated heterocycles. The second-order valence-electron chi connectivity index (χ2n) is 6.04. The lowest BCUT2D eigenvalue weighted by Crippen LogP contribution is -2.22. The van der Waals surface area contributed by atoms with Crippen LogP contribution < -0.4 is 10.6 Å². The minimum absolute atomic E-state index is 0.0132. The quantitative estimate of drug-likeness (QED) is 0.648. The third kappa shape index (κ3) is 6.86. The summed E-state index contributed by atoms with van der Waals surface area (Å²) in [5.74, 6) is -1.32. The molecule has 2 N–H and O–H groups in total. The summed E-state index contributed by atoms with van der Waals surface area (Å²) in [6, 6.07) is 12.7. The number of nitrogens with one attached hydrogen (secondary N) is 2. The molecule has 0 aliphatic rings. The van der Waals surface area contributed by atoms with Gasteiger partial charge in [0.15, 0.2) is 6.61 Å². The second kappa shape index (κ2) is 9.87. The van der Waals surface area contributed by atoms with Crippen molar-refractivity contribution in [3.8, 4) is 0 Å². The van der Waals surface area contributed by atoms with E-state index in [0.29, 0.717) is 11.4 Å². The molecule has 0 saturated carbocycles. The third-order valence-corrected chi connectivity index (χ3v) is 4.67. The van der Waals surface area contributed by atoms with Crippen molar-refractivity contribution >= 4 is 45.1 Å². The number of esters is 1. The zero-order valence-corrected chi connectivity index (χ0v) is 16.8. The van der Waals surface area contributed by atoms with Gasteiger partial charge in [-0.3, -0.25) is 14.4 Å². The fourth-order valence-corrected chi connectivity index (χ4v) is 2.53.